The van der Waals surface area contributed by atoms with Gasteiger partial charge in [-0.25, -0.2) is 0 Å². The highest BCUT2D eigenvalue weighted by Crippen LogP contribution is 2.49. The molecular weight excluding hydrogens is 452 g/mol. The van der Waals surface area contributed by atoms with Crippen LogP contribution in [0.4, 0.5) is 11.4 Å². The summed E-state index contributed by atoms with van der Waals surface area (Å²) in [5.41, 5.74) is 1.05. The van der Waals surface area contributed by atoms with Crippen LogP contribution in [-0.2, 0) is 16.9 Å². The van der Waals surface area contributed by atoms with Crippen molar-refractivity contribution in [2.75, 3.05) is 5.32 Å². The van der Waals surface area contributed by atoms with Crippen LogP contribution < -0.4 is 15.4 Å². The highest BCUT2D eigenvalue weighted by atomic mass is 16.6. The largest absolute Gasteiger partial charge is 0.489 e. The average molecular weight is 474 g/mol. The molecule has 3 aromatic rings. The fourth-order valence-corrected chi connectivity index (χ4v) is 5.27. The van der Waals surface area contributed by atoms with Crippen LogP contribution in [0.25, 0.3) is 0 Å². The number of nitrogens with zero attached hydrogens (tertiary/aromatic N) is 2. The Morgan fingerprint density at radius 2 is 1.74 bits per heavy atom. The number of benzene rings is 3. The van der Waals surface area contributed by atoms with Crippen LogP contribution in [0.15, 0.2) is 72.8 Å². The molecule has 10 nitrogen and oxygen atoms in total. The smallest absolute Gasteiger partial charge is 0.269 e. The first kappa shape index (κ1) is 22.5. The maximum atomic E-state index is 13.1. The molecule has 2 aliphatic heterocycles. The molecule has 0 bridgehead atoms. The Morgan fingerprint density at radius 3 is 2.46 bits per heavy atom. The standard InChI is InChI=1S/C25H22N4O6/c1-15-22(23(29(33)34)25(27-15)20-7-2-3-8-21(20)26-24(25)30)17-9-11-19(12-10-17)35-14-16-5-4-6-18(13-16)28(31)32/h2-13,15,22-23,27H,14H2,1H3,(H,26,30)/t15-,22+,23-,25-/m0/s1. The SMILES string of the molecule is C[C@@H]1N[C@]2(C(=O)Nc3ccccc32)[C@@H]([N+](=O)[O-])[C@H]1c1ccc(OCc2cccc([N+](=O)[O-])c2)cc1. The van der Waals surface area contributed by atoms with Gasteiger partial charge in [-0.05, 0) is 36.2 Å². The highest BCUT2D eigenvalue weighted by molar-refractivity contribution is 6.07. The minimum absolute atomic E-state index is 0.0126. The molecule has 35 heavy (non-hydrogen) atoms. The molecule has 2 aliphatic rings. The van der Waals surface area contributed by atoms with E-state index < -0.39 is 28.3 Å². The van der Waals surface area contributed by atoms with E-state index in [0.29, 0.717) is 28.1 Å². The number of carbonyl (C=O) groups excluding carboxylic acids is 1. The van der Waals surface area contributed by atoms with E-state index in [9.17, 15) is 25.0 Å². The van der Waals surface area contributed by atoms with E-state index in [-0.39, 0.29) is 23.3 Å². The molecule has 0 unspecified atom stereocenters. The van der Waals surface area contributed by atoms with Gasteiger partial charge in [-0.1, -0.05) is 42.5 Å². The fraction of sp³-hybridized carbons (Fsp3) is 0.240. The van der Waals surface area contributed by atoms with Gasteiger partial charge in [0.25, 0.3) is 17.6 Å². The molecule has 10 heteroatoms. The summed E-state index contributed by atoms with van der Waals surface area (Å²) in [5.74, 6) is -0.463. The van der Waals surface area contributed by atoms with Gasteiger partial charge in [0.05, 0.1) is 10.8 Å². The monoisotopic (exact) mass is 474 g/mol. The summed E-state index contributed by atoms with van der Waals surface area (Å²) in [6.45, 7) is 1.98. The van der Waals surface area contributed by atoms with Gasteiger partial charge in [0, 0.05) is 34.3 Å². The Morgan fingerprint density at radius 1 is 1.00 bits per heavy atom. The molecule has 1 spiro atoms. The Kier molecular flexibility index (Phi) is 5.45. The summed E-state index contributed by atoms with van der Waals surface area (Å²) in [6, 6.07) is 18.6. The van der Waals surface area contributed by atoms with Gasteiger partial charge in [0.2, 0.25) is 0 Å². The van der Waals surface area contributed by atoms with Crippen molar-refractivity contribution in [2.45, 2.75) is 37.1 Å². The minimum atomic E-state index is -1.46. The van der Waals surface area contributed by atoms with E-state index in [1.165, 1.54) is 12.1 Å². The number of hydrogen-bond acceptors (Lipinski definition) is 7. The molecule has 1 saturated heterocycles. The zero-order valence-electron chi connectivity index (χ0n) is 18.7. The Bertz CT molecular complexity index is 1330. The zero-order valence-corrected chi connectivity index (χ0v) is 18.7. The molecule has 0 aromatic heterocycles. The molecule has 1 amide bonds. The molecule has 0 radical (unpaired) electrons. The van der Waals surface area contributed by atoms with Crippen LogP contribution >= 0.6 is 0 Å². The second kappa shape index (κ2) is 8.48. The molecule has 2 heterocycles. The lowest BCUT2D eigenvalue weighted by atomic mass is 9.78. The first-order chi connectivity index (χ1) is 16.8. The van der Waals surface area contributed by atoms with Crippen LogP contribution in [-0.4, -0.2) is 27.8 Å². The van der Waals surface area contributed by atoms with Crippen molar-refractivity contribution in [1.29, 1.82) is 0 Å². The van der Waals surface area contributed by atoms with Crippen LogP contribution in [0.5, 0.6) is 5.75 Å². The summed E-state index contributed by atoms with van der Waals surface area (Å²) < 4.78 is 5.77. The van der Waals surface area contributed by atoms with Crippen molar-refractivity contribution >= 4 is 17.3 Å². The number of fused-ring (bicyclic) bond motifs is 2. The summed E-state index contributed by atoms with van der Waals surface area (Å²) in [4.78, 5) is 35.6. The van der Waals surface area contributed by atoms with Gasteiger partial charge in [-0.3, -0.25) is 30.3 Å². The third kappa shape index (κ3) is 3.68. The molecule has 0 saturated carbocycles. The van der Waals surface area contributed by atoms with Crippen molar-refractivity contribution in [3.05, 3.63) is 110 Å². The van der Waals surface area contributed by atoms with Crippen LogP contribution in [0.3, 0.4) is 0 Å². The van der Waals surface area contributed by atoms with E-state index in [4.69, 9.17) is 4.74 Å². The number of rotatable bonds is 6. The molecule has 4 atom stereocenters. The lowest BCUT2D eigenvalue weighted by Crippen LogP contribution is -2.54. The predicted molar refractivity (Wildman–Crippen MR) is 127 cm³/mol. The number of ether oxygens (including phenoxy) is 1. The first-order valence-corrected chi connectivity index (χ1v) is 11.1. The number of nitro groups is 2. The molecule has 5 rings (SSSR count). The van der Waals surface area contributed by atoms with E-state index in [1.807, 2.05) is 6.92 Å². The number of amides is 1. The van der Waals surface area contributed by atoms with Gasteiger partial charge < -0.3 is 10.1 Å². The third-order valence-electron chi connectivity index (χ3n) is 6.76. The number of carbonyl (C=O) groups is 1. The topological polar surface area (TPSA) is 137 Å². The van der Waals surface area contributed by atoms with E-state index in [1.54, 1.807) is 60.7 Å². The predicted octanol–water partition coefficient (Wildman–Crippen LogP) is 3.74. The number of nitrogens with one attached hydrogen (secondary N) is 2. The van der Waals surface area contributed by atoms with Crippen molar-refractivity contribution in [1.82, 2.24) is 5.32 Å². The minimum Gasteiger partial charge on any atom is -0.489 e. The molecule has 2 N–H and O–H groups in total. The van der Waals surface area contributed by atoms with Gasteiger partial charge in [-0.2, -0.15) is 0 Å². The van der Waals surface area contributed by atoms with E-state index >= 15 is 0 Å². The van der Waals surface area contributed by atoms with Crippen molar-refractivity contribution in [2.24, 2.45) is 0 Å². The molecule has 1 fully saturated rings. The van der Waals surface area contributed by atoms with Crippen molar-refractivity contribution in [3.63, 3.8) is 0 Å². The average Bonchev–Trinajstić information content (AvgIpc) is 3.32. The summed E-state index contributed by atoms with van der Waals surface area (Å²) in [7, 11) is 0. The molecule has 178 valence electrons. The number of non-ortho nitro benzene ring substituents is 1. The summed E-state index contributed by atoms with van der Waals surface area (Å²) in [5, 5.41) is 29.4. The van der Waals surface area contributed by atoms with Crippen LogP contribution in [0, 0.1) is 20.2 Å². The van der Waals surface area contributed by atoms with Gasteiger partial charge in [-0.15, -0.1) is 0 Å². The second-order valence-corrected chi connectivity index (χ2v) is 8.78. The molecular formula is C25H22N4O6. The van der Waals surface area contributed by atoms with Crippen molar-refractivity contribution < 1.29 is 19.4 Å². The van der Waals surface area contributed by atoms with Gasteiger partial charge in [0.1, 0.15) is 12.4 Å². The lowest BCUT2D eigenvalue weighted by Gasteiger charge is -2.25. The third-order valence-corrected chi connectivity index (χ3v) is 6.76. The lowest BCUT2D eigenvalue weighted by molar-refractivity contribution is -0.532. The Hall–Kier alpha value is -4.31. The summed E-state index contributed by atoms with van der Waals surface area (Å²) >= 11 is 0. The molecule has 3 aromatic carbocycles. The van der Waals surface area contributed by atoms with E-state index in [0.717, 1.165) is 0 Å². The number of para-hydroxylation sites is 1. The quantitative estimate of drug-likeness (QED) is 0.410. The number of hydrogen-bond donors (Lipinski definition) is 2. The second-order valence-electron chi connectivity index (χ2n) is 8.78. The van der Waals surface area contributed by atoms with Crippen molar-refractivity contribution in [3.8, 4) is 5.75 Å². The highest BCUT2D eigenvalue weighted by Gasteiger charge is 2.67. The molecule has 0 aliphatic carbocycles. The Balaban J connectivity index is 1.40. The number of nitro benzene ring substituents is 1. The fourth-order valence-electron chi connectivity index (χ4n) is 5.27. The maximum absolute atomic E-state index is 13.1. The van der Waals surface area contributed by atoms with Gasteiger partial charge >= 0.3 is 0 Å². The zero-order chi connectivity index (χ0) is 24.7. The first-order valence-electron chi connectivity index (χ1n) is 11.1. The van der Waals surface area contributed by atoms with Crippen LogP contribution in [0.1, 0.15) is 29.5 Å². The summed E-state index contributed by atoms with van der Waals surface area (Å²) in [6.07, 6.45) is 0. The van der Waals surface area contributed by atoms with E-state index in [2.05, 4.69) is 10.6 Å². The maximum Gasteiger partial charge on any atom is 0.269 e. The van der Waals surface area contributed by atoms with Gasteiger partial charge in [0.15, 0.2) is 5.54 Å². The van der Waals surface area contributed by atoms with Crippen LogP contribution in [0.2, 0.25) is 0 Å². The number of anilines is 1. The normalized spacial score (nSPS) is 24.7. The Labute approximate surface area is 200 Å².